The molecule has 0 aliphatic carbocycles. The number of hydrogen-bond acceptors (Lipinski definition) is 5. The monoisotopic (exact) mass is 360 g/mol. The summed E-state index contributed by atoms with van der Waals surface area (Å²) in [7, 11) is 3.01. The second-order valence-electron chi connectivity index (χ2n) is 3.85. The van der Waals surface area contributed by atoms with E-state index in [0.29, 0.717) is 24.4 Å². The van der Waals surface area contributed by atoms with Crippen LogP contribution in [0.5, 0.6) is 5.75 Å². The summed E-state index contributed by atoms with van der Waals surface area (Å²) >= 11 is 7.45. The number of carbonyl (C=O) groups is 1. The lowest BCUT2D eigenvalue weighted by atomic mass is 10.1. The van der Waals surface area contributed by atoms with Crippen molar-refractivity contribution in [3.63, 3.8) is 0 Å². The first kappa shape index (κ1) is 16.8. The Morgan fingerprint density at radius 2 is 2.20 bits per heavy atom. The van der Waals surface area contributed by atoms with Crippen LogP contribution in [-0.4, -0.2) is 38.1 Å². The molecule has 20 heavy (non-hydrogen) atoms. The van der Waals surface area contributed by atoms with Gasteiger partial charge in [-0.15, -0.1) is 0 Å². The van der Waals surface area contributed by atoms with Gasteiger partial charge in [-0.1, -0.05) is 11.2 Å². The van der Waals surface area contributed by atoms with E-state index in [4.69, 9.17) is 9.57 Å². The number of nitrogens with zero attached hydrogens (tertiary/aromatic N) is 1. The van der Waals surface area contributed by atoms with Crippen molar-refractivity contribution in [1.82, 2.24) is 5.32 Å². The number of methoxy groups -OCH3 is 1. The Labute approximate surface area is 132 Å². The molecule has 0 spiro atoms. The molecule has 1 amide bonds. The van der Waals surface area contributed by atoms with E-state index in [1.807, 2.05) is 18.2 Å². The molecule has 0 saturated carbocycles. The highest BCUT2D eigenvalue weighted by Gasteiger charge is 2.13. The fraction of sp³-hybridized carbons (Fsp3) is 0.385. The number of ether oxygens (including phenoxy) is 1. The second kappa shape index (κ2) is 8.86. The van der Waals surface area contributed by atoms with Crippen molar-refractivity contribution < 1.29 is 14.4 Å². The summed E-state index contributed by atoms with van der Waals surface area (Å²) < 4.78 is 5.99. The van der Waals surface area contributed by atoms with Gasteiger partial charge in [-0.25, -0.2) is 0 Å². The van der Waals surface area contributed by atoms with Crippen LogP contribution < -0.4 is 10.1 Å². The van der Waals surface area contributed by atoms with E-state index in [2.05, 4.69) is 39.0 Å². The van der Waals surface area contributed by atoms with Crippen molar-refractivity contribution in [3.05, 3.63) is 28.2 Å². The molecule has 1 rings (SSSR count). The summed E-state index contributed by atoms with van der Waals surface area (Å²) in [6, 6.07) is 5.59. The minimum atomic E-state index is -0.257. The molecule has 0 aliphatic rings. The molecule has 1 aromatic rings. The molecule has 0 radical (unpaired) electrons. The van der Waals surface area contributed by atoms with Crippen LogP contribution in [-0.2, 0) is 16.1 Å². The number of carbonyl (C=O) groups excluding carboxylic acids is 1. The van der Waals surface area contributed by atoms with Gasteiger partial charge in [-0.3, -0.25) is 4.79 Å². The highest BCUT2D eigenvalue weighted by Crippen LogP contribution is 2.25. The zero-order valence-electron chi connectivity index (χ0n) is 11.4. The first-order valence-corrected chi connectivity index (χ1v) is 7.36. The molecular formula is C13H17BrN2O3S. The minimum Gasteiger partial charge on any atom is -0.496 e. The van der Waals surface area contributed by atoms with E-state index < -0.39 is 0 Å². The van der Waals surface area contributed by atoms with Gasteiger partial charge in [0.25, 0.3) is 5.91 Å². The fourth-order valence-corrected chi connectivity index (χ4v) is 2.25. The average molecular weight is 361 g/mol. The Morgan fingerprint density at radius 1 is 1.45 bits per heavy atom. The Kier molecular flexibility index (Phi) is 7.46. The van der Waals surface area contributed by atoms with Crippen molar-refractivity contribution in [3.8, 4) is 5.75 Å². The van der Waals surface area contributed by atoms with Crippen LogP contribution in [0.2, 0.25) is 0 Å². The first-order chi connectivity index (χ1) is 9.62. The van der Waals surface area contributed by atoms with Gasteiger partial charge in [0.05, 0.1) is 11.6 Å². The zero-order chi connectivity index (χ0) is 15.0. The molecule has 0 unspecified atom stereocenters. The Bertz CT molecular complexity index is 495. The number of hydrogen-bond donors (Lipinski definition) is 2. The maximum absolute atomic E-state index is 11.9. The molecule has 0 aliphatic heterocycles. The molecule has 0 saturated heterocycles. The van der Waals surface area contributed by atoms with Gasteiger partial charge in [-0.2, -0.15) is 12.6 Å². The molecule has 0 aromatic heterocycles. The molecule has 110 valence electrons. The average Bonchev–Trinajstić information content (AvgIpc) is 2.44. The number of amides is 1. The van der Waals surface area contributed by atoms with Gasteiger partial charge < -0.3 is 14.9 Å². The number of nitrogens with one attached hydrogen (secondary N) is 1. The van der Waals surface area contributed by atoms with Crippen LogP contribution in [0.25, 0.3) is 0 Å². The molecule has 1 aromatic carbocycles. The molecule has 0 atom stereocenters. The van der Waals surface area contributed by atoms with E-state index in [9.17, 15) is 4.79 Å². The van der Waals surface area contributed by atoms with Crippen molar-refractivity contribution in [2.75, 3.05) is 26.5 Å². The molecule has 0 bridgehead atoms. The van der Waals surface area contributed by atoms with Crippen LogP contribution in [0.4, 0.5) is 0 Å². The summed E-state index contributed by atoms with van der Waals surface area (Å²) in [5.41, 5.74) is 1.24. The molecule has 7 heteroatoms. The third-order valence-electron chi connectivity index (χ3n) is 2.45. The van der Waals surface area contributed by atoms with Crippen molar-refractivity contribution in [2.24, 2.45) is 5.16 Å². The minimum absolute atomic E-state index is 0.257. The van der Waals surface area contributed by atoms with Crippen LogP contribution >= 0.6 is 28.6 Å². The molecular weight excluding hydrogens is 344 g/mol. The lowest BCUT2D eigenvalue weighted by Gasteiger charge is -2.08. The van der Waals surface area contributed by atoms with Crippen LogP contribution in [0, 0.1) is 0 Å². The fourth-order valence-electron chi connectivity index (χ4n) is 1.55. The standard InChI is InChI=1S/C13H17BrN2O3S/c1-18-12-4-3-9(7-10(12)14)8-11(16-19-2)13(17)15-5-6-20/h3-4,7,20H,5-6,8H2,1-2H3,(H,15,17)/b16-11+. The second-order valence-corrected chi connectivity index (χ2v) is 5.15. The normalized spacial score (nSPS) is 11.1. The SMILES string of the molecule is CO/N=C(\Cc1ccc(OC)c(Br)c1)C(=O)NCCS. The number of thiol groups is 1. The predicted molar refractivity (Wildman–Crippen MR) is 85.7 cm³/mol. The Hall–Kier alpha value is -1.21. The largest absolute Gasteiger partial charge is 0.496 e. The first-order valence-electron chi connectivity index (χ1n) is 5.93. The van der Waals surface area contributed by atoms with Gasteiger partial charge in [0.1, 0.15) is 18.6 Å². The van der Waals surface area contributed by atoms with Gasteiger partial charge in [0.15, 0.2) is 0 Å². The number of benzene rings is 1. The predicted octanol–water partition coefficient (Wildman–Crippen LogP) is 2.05. The Morgan fingerprint density at radius 3 is 2.75 bits per heavy atom. The van der Waals surface area contributed by atoms with Crippen molar-refractivity contribution in [1.29, 1.82) is 0 Å². The number of rotatable bonds is 7. The highest BCUT2D eigenvalue weighted by molar-refractivity contribution is 9.10. The summed E-state index contributed by atoms with van der Waals surface area (Å²) in [6.07, 6.45) is 0.370. The maximum Gasteiger partial charge on any atom is 0.269 e. The van der Waals surface area contributed by atoms with E-state index in [1.165, 1.54) is 7.11 Å². The summed E-state index contributed by atoms with van der Waals surface area (Å²) in [5, 5.41) is 6.49. The topological polar surface area (TPSA) is 59.9 Å². The summed E-state index contributed by atoms with van der Waals surface area (Å²) in [5.74, 6) is 1.05. The smallest absolute Gasteiger partial charge is 0.269 e. The van der Waals surface area contributed by atoms with Crippen LogP contribution in [0.3, 0.4) is 0 Å². The van der Waals surface area contributed by atoms with Gasteiger partial charge in [0, 0.05) is 18.7 Å². The molecule has 0 heterocycles. The van der Waals surface area contributed by atoms with E-state index in [1.54, 1.807) is 7.11 Å². The van der Waals surface area contributed by atoms with Crippen molar-refractivity contribution in [2.45, 2.75) is 6.42 Å². The van der Waals surface area contributed by atoms with Gasteiger partial charge in [0.2, 0.25) is 0 Å². The molecule has 0 fully saturated rings. The maximum atomic E-state index is 11.9. The van der Waals surface area contributed by atoms with Gasteiger partial charge >= 0.3 is 0 Å². The lowest BCUT2D eigenvalue weighted by Crippen LogP contribution is -2.33. The van der Waals surface area contributed by atoms with E-state index in [-0.39, 0.29) is 5.91 Å². The number of halogens is 1. The zero-order valence-corrected chi connectivity index (χ0v) is 13.8. The third kappa shape index (κ3) is 5.05. The highest BCUT2D eigenvalue weighted by atomic mass is 79.9. The van der Waals surface area contributed by atoms with E-state index >= 15 is 0 Å². The van der Waals surface area contributed by atoms with Crippen molar-refractivity contribution >= 4 is 40.2 Å². The van der Waals surface area contributed by atoms with E-state index in [0.717, 1.165) is 15.8 Å². The molecule has 5 nitrogen and oxygen atoms in total. The summed E-state index contributed by atoms with van der Waals surface area (Å²) in [4.78, 5) is 16.6. The quantitative estimate of drug-likeness (QED) is 0.444. The van der Waals surface area contributed by atoms with Crippen LogP contribution in [0.15, 0.2) is 27.8 Å². The van der Waals surface area contributed by atoms with Gasteiger partial charge in [-0.05, 0) is 33.6 Å². The summed E-state index contributed by atoms with van der Waals surface area (Å²) in [6.45, 7) is 0.483. The number of oxime groups is 1. The lowest BCUT2D eigenvalue weighted by molar-refractivity contribution is -0.114. The third-order valence-corrected chi connectivity index (χ3v) is 3.29. The molecule has 1 N–H and O–H groups in total. The van der Waals surface area contributed by atoms with Crippen LogP contribution in [0.1, 0.15) is 5.56 Å². The Balaban J connectivity index is 2.83.